The summed E-state index contributed by atoms with van der Waals surface area (Å²) in [4.78, 5) is 11.7. The lowest BCUT2D eigenvalue weighted by Gasteiger charge is -2.33. The fourth-order valence-electron chi connectivity index (χ4n) is 3.27. The number of hydrogen-bond donors (Lipinski definition) is 0. The van der Waals surface area contributed by atoms with Gasteiger partial charge in [-0.1, -0.05) is 105 Å². The Labute approximate surface area is 153 Å². The van der Waals surface area contributed by atoms with Gasteiger partial charge < -0.3 is 0 Å². The van der Waals surface area contributed by atoms with Crippen LogP contribution in [0, 0.1) is 0 Å². The minimum atomic E-state index is -0.0246. The number of unbranched alkanes of at least 4 members (excludes halogenated alkanes) is 9. The summed E-state index contributed by atoms with van der Waals surface area (Å²) in [5.41, 5.74) is -0.0246. The van der Waals surface area contributed by atoms with E-state index in [0.717, 1.165) is 32.3 Å². The lowest BCUT2D eigenvalue weighted by molar-refractivity contribution is -0.367. The van der Waals surface area contributed by atoms with Crippen LogP contribution in [-0.4, -0.2) is 12.2 Å². The van der Waals surface area contributed by atoms with E-state index in [-0.39, 0.29) is 5.60 Å². The molecule has 0 amide bonds. The van der Waals surface area contributed by atoms with E-state index in [1.807, 2.05) is 0 Å². The molecule has 0 N–H and O–H groups in total. The minimum Gasteiger partial charge on any atom is -0.236 e. The molecule has 0 saturated heterocycles. The Balaban J connectivity index is 4.32. The molecule has 0 aliphatic heterocycles. The summed E-state index contributed by atoms with van der Waals surface area (Å²) in [7, 11) is 0. The Morgan fingerprint density at radius 1 is 0.500 bits per heavy atom. The van der Waals surface area contributed by atoms with Gasteiger partial charge in [-0.2, -0.15) is 0 Å². The van der Waals surface area contributed by atoms with Gasteiger partial charge in [-0.15, -0.1) is 0 Å². The fourth-order valence-corrected chi connectivity index (χ4v) is 3.27. The molecule has 0 aromatic carbocycles. The molecule has 0 heterocycles. The van der Waals surface area contributed by atoms with Crippen molar-refractivity contribution >= 4 is 0 Å². The van der Waals surface area contributed by atoms with E-state index >= 15 is 0 Å². The highest BCUT2D eigenvalue weighted by Crippen LogP contribution is 2.32. The van der Waals surface area contributed by atoms with Gasteiger partial charge in [0.1, 0.15) is 5.60 Å². The van der Waals surface area contributed by atoms with E-state index in [1.165, 1.54) is 77.0 Å². The van der Waals surface area contributed by atoms with Crippen LogP contribution in [0.5, 0.6) is 0 Å². The minimum absolute atomic E-state index is 0.0246. The fraction of sp³-hybridized carbons (Fsp3) is 1.00. The van der Waals surface area contributed by atoms with E-state index in [9.17, 15) is 0 Å². The molecule has 0 fully saturated rings. The van der Waals surface area contributed by atoms with E-state index in [1.54, 1.807) is 0 Å². The zero-order chi connectivity index (χ0) is 17.9. The smallest absolute Gasteiger partial charge is 0.104 e. The second kappa shape index (κ2) is 17.7. The van der Waals surface area contributed by atoms with Crippen LogP contribution in [0.3, 0.4) is 0 Å². The number of rotatable bonds is 19. The van der Waals surface area contributed by atoms with Crippen molar-refractivity contribution in [3.63, 3.8) is 0 Å². The van der Waals surface area contributed by atoms with Gasteiger partial charge >= 0.3 is 0 Å². The van der Waals surface area contributed by atoms with Gasteiger partial charge in [0.25, 0.3) is 0 Å². The van der Waals surface area contributed by atoms with Crippen LogP contribution in [0.25, 0.3) is 0 Å². The molecular weight excluding hydrogens is 296 g/mol. The largest absolute Gasteiger partial charge is 0.236 e. The van der Waals surface area contributed by atoms with Crippen molar-refractivity contribution in [2.24, 2.45) is 0 Å². The topological polar surface area (TPSA) is 18.5 Å². The maximum Gasteiger partial charge on any atom is 0.104 e. The first kappa shape index (κ1) is 23.9. The lowest BCUT2D eigenvalue weighted by Crippen LogP contribution is -2.33. The third-order valence-corrected chi connectivity index (χ3v) is 5.02. The Morgan fingerprint density at radius 3 is 1.50 bits per heavy atom. The van der Waals surface area contributed by atoms with Crippen LogP contribution in [0.1, 0.15) is 130 Å². The summed E-state index contributed by atoms with van der Waals surface area (Å²) in [6.07, 6.45) is 20.3. The Kier molecular flexibility index (Phi) is 17.7. The molecule has 0 atom stereocenters. The quantitative estimate of drug-likeness (QED) is 0.134. The first-order valence-electron chi connectivity index (χ1n) is 11.0. The van der Waals surface area contributed by atoms with Crippen molar-refractivity contribution in [3.8, 4) is 0 Å². The molecule has 0 radical (unpaired) electrons. The average Bonchev–Trinajstić information content (AvgIpc) is 2.60. The Bertz CT molecular complexity index is 232. The summed E-state index contributed by atoms with van der Waals surface area (Å²) < 4.78 is 0. The molecule has 0 unspecified atom stereocenters. The van der Waals surface area contributed by atoms with Crippen molar-refractivity contribution in [3.05, 3.63) is 0 Å². The van der Waals surface area contributed by atoms with Crippen molar-refractivity contribution in [2.75, 3.05) is 6.61 Å². The molecule has 0 aromatic heterocycles. The third-order valence-electron chi connectivity index (χ3n) is 5.02. The molecule has 0 aliphatic rings. The van der Waals surface area contributed by atoms with Crippen molar-refractivity contribution in [1.29, 1.82) is 0 Å². The molecule has 0 rings (SSSR count). The standard InChI is InChI=1S/C22H46O2/c1-5-9-13-14-15-16-17-20-22(18-10-6-2,19-11-7-3)24-23-21-12-8-4/h5-21H2,1-4H3. The van der Waals surface area contributed by atoms with Crippen molar-refractivity contribution in [1.82, 2.24) is 0 Å². The molecule has 0 aromatic rings. The monoisotopic (exact) mass is 342 g/mol. The molecule has 24 heavy (non-hydrogen) atoms. The summed E-state index contributed by atoms with van der Waals surface area (Å²) in [5.74, 6) is 0. The lowest BCUT2D eigenvalue weighted by atomic mass is 9.85. The second-order valence-electron chi connectivity index (χ2n) is 7.52. The summed E-state index contributed by atoms with van der Waals surface area (Å²) in [5, 5.41) is 0. The molecule has 0 bridgehead atoms. The zero-order valence-corrected chi connectivity index (χ0v) is 17.3. The SMILES string of the molecule is CCCCCCCCCC(CCCC)(CCCC)OOCCCC. The predicted molar refractivity (Wildman–Crippen MR) is 106 cm³/mol. The van der Waals surface area contributed by atoms with Crippen molar-refractivity contribution in [2.45, 2.75) is 136 Å². The van der Waals surface area contributed by atoms with Crippen LogP contribution < -0.4 is 0 Å². The Morgan fingerprint density at radius 2 is 0.958 bits per heavy atom. The molecule has 2 nitrogen and oxygen atoms in total. The van der Waals surface area contributed by atoms with Crippen molar-refractivity contribution < 1.29 is 9.78 Å². The van der Waals surface area contributed by atoms with Crippen LogP contribution >= 0.6 is 0 Å². The van der Waals surface area contributed by atoms with Gasteiger partial charge in [-0.25, -0.2) is 9.78 Å². The van der Waals surface area contributed by atoms with Gasteiger partial charge in [0.05, 0.1) is 6.61 Å². The Hall–Kier alpha value is -0.0800. The van der Waals surface area contributed by atoms with E-state index in [4.69, 9.17) is 9.78 Å². The van der Waals surface area contributed by atoms with Gasteiger partial charge in [0, 0.05) is 0 Å². The van der Waals surface area contributed by atoms with Crippen LogP contribution in [-0.2, 0) is 9.78 Å². The van der Waals surface area contributed by atoms with Gasteiger partial charge in [0.2, 0.25) is 0 Å². The molecular formula is C22H46O2. The second-order valence-corrected chi connectivity index (χ2v) is 7.52. The zero-order valence-electron chi connectivity index (χ0n) is 17.3. The summed E-state index contributed by atoms with van der Waals surface area (Å²) in [6.45, 7) is 9.77. The van der Waals surface area contributed by atoms with E-state index in [0.29, 0.717) is 0 Å². The highest BCUT2D eigenvalue weighted by Gasteiger charge is 2.31. The first-order valence-corrected chi connectivity index (χ1v) is 11.0. The van der Waals surface area contributed by atoms with E-state index < -0.39 is 0 Å². The molecule has 2 heteroatoms. The normalized spacial score (nSPS) is 12.0. The van der Waals surface area contributed by atoms with Crippen LogP contribution in [0.2, 0.25) is 0 Å². The molecule has 0 spiro atoms. The maximum absolute atomic E-state index is 6.08. The van der Waals surface area contributed by atoms with Gasteiger partial charge in [0.15, 0.2) is 0 Å². The first-order chi connectivity index (χ1) is 11.7. The maximum atomic E-state index is 6.08. The van der Waals surface area contributed by atoms with Crippen LogP contribution in [0.4, 0.5) is 0 Å². The van der Waals surface area contributed by atoms with Gasteiger partial charge in [-0.05, 0) is 25.7 Å². The average molecular weight is 343 g/mol. The third kappa shape index (κ3) is 13.2. The highest BCUT2D eigenvalue weighted by molar-refractivity contribution is 4.80. The molecule has 0 saturated carbocycles. The van der Waals surface area contributed by atoms with Gasteiger partial charge in [-0.3, -0.25) is 0 Å². The summed E-state index contributed by atoms with van der Waals surface area (Å²) >= 11 is 0. The van der Waals surface area contributed by atoms with Crippen LogP contribution in [0.15, 0.2) is 0 Å². The highest BCUT2D eigenvalue weighted by atomic mass is 17.2. The molecule has 146 valence electrons. The molecule has 0 aliphatic carbocycles. The van der Waals surface area contributed by atoms with E-state index in [2.05, 4.69) is 27.7 Å². The summed E-state index contributed by atoms with van der Waals surface area (Å²) in [6, 6.07) is 0. The predicted octanol–water partition coefficient (Wildman–Crippen LogP) is 7.99. The number of hydrogen-bond acceptors (Lipinski definition) is 2.